The zero-order chi connectivity index (χ0) is 20.6. The molecular weight excluding hydrogens is 346 g/mol. The Kier molecular flexibility index (Phi) is 9.26. The van der Waals surface area contributed by atoms with Crippen LogP contribution in [0.15, 0.2) is 9.98 Å². The van der Waals surface area contributed by atoms with Crippen molar-refractivity contribution >= 4 is 17.8 Å². The predicted molar refractivity (Wildman–Crippen MR) is 105 cm³/mol. The van der Waals surface area contributed by atoms with Crippen molar-refractivity contribution in [3.63, 3.8) is 0 Å². The molecule has 1 aliphatic heterocycles. The van der Waals surface area contributed by atoms with Gasteiger partial charge < -0.3 is 0 Å². The van der Waals surface area contributed by atoms with Crippen LogP contribution in [0.1, 0.15) is 59.8 Å². The van der Waals surface area contributed by atoms with Crippen LogP contribution in [-0.4, -0.2) is 76.9 Å². The van der Waals surface area contributed by atoms with E-state index >= 15 is 0 Å². The molecule has 0 aromatic carbocycles. The van der Waals surface area contributed by atoms with Crippen LogP contribution < -0.4 is 0 Å². The van der Waals surface area contributed by atoms with E-state index in [0.29, 0.717) is 13.0 Å². The third kappa shape index (κ3) is 5.23. The highest BCUT2D eigenvalue weighted by Gasteiger charge is 2.52. The molecule has 1 heterocycles. The fourth-order valence-electron chi connectivity index (χ4n) is 3.72. The Hall–Kier alpha value is -1.60. The smallest absolute Gasteiger partial charge is 0.260 e. The molecule has 1 saturated heterocycles. The van der Waals surface area contributed by atoms with Crippen molar-refractivity contribution in [2.45, 2.75) is 71.6 Å². The van der Waals surface area contributed by atoms with Crippen LogP contribution in [0, 0.1) is 5.92 Å². The van der Waals surface area contributed by atoms with E-state index in [2.05, 4.69) is 34.7 Å². The fourth-order valence-corrected chi connectivity index (χ4v) is 3.72. The summed E-state index contributed by atoms with van der Waals surface area (Å²) in [6.07, 6.45) is 3.15. The quantitative estimate of drug-likeness (QED) is 0.337. The van der Waals surface area contributed by atoms with Crippen molar-refractivity contribution in [2.24, 2.45) is 15.9 Å². The zero-order valence-corrected chi connectivity index (χ0v) is 17.6. The minimum absolute atomic E-state index is 0.0324. The SMILES string of the molecule is CCCN(C)C(CC)N=C=NC(CC)(C1CC(=O)N(O)C1=O)N(C)CCC. The van der Waals surface area contributed by atoms with Crippen molar-refractivity contribution in [2.75, 3.05) is 27.2 Å². The standard InChI is InChI=1S/C19H35N5O3/c1-7-11-22(5)16(9-3)20-14-21-19(10-4,23(6)12-8-2)15-13-17(25)24(27)18(15)26/h15-16,27H,7-13H2,1-6H3. The molecule has 0 radical (unpaired) electrons. The Morgan fingerprint density at radius 1 is 1.22 bits per heavy atom. The number of aliphatic imine (C=N–C) groups is 2. The maximum Gasteiger partial charge on any atom is 0.260 e. The lowest BCUT2D eigenvalue weighted by Crippen LogP contribution is -2.53. The number of imide groups is 1. The van der Waals surface area contributed by atoms with Crippen molar-refractivity contribution in [3.8, 4) is 0 Å². The first-order valence-corrected chi connectivity index (χ1v) is 9.92. The minimum atomic E-state index is -0.953. The van der Waals surface area contributed by atoms with Gasteiger partial charge in [-0.15, -0.1) is 0 Å². The summed E-state index contributed by atoms with van der Waals surface area (Å²) in [6.45, 7) is 9.77. The second-order valence-electron chi connectivity index (χ2n) is 7.16. The average molecular weight is 382 g/mol. The second-order valence-corrected chi connectivity index (χ2v) is 7.16. The molecule has 0 aromatic rings. The molecule has 1 fully saturated rings. The number of nitrogens with zero attached hydrogens (tertiary/aromatic N) is 5. The Bertz CT molecular complexity index is 576. The highest BCUT2D eigenvalue weighted by molar-refractivity contribution is 6.02. The van der Waals surface area contributed by atoms with Gasteiger partial charge in [0.05, 0.1) is 11.9 Å². The molecule has 3 atom stereocenters. The van der Waals surface area contributed by atoms with E-state index in [1.807, 2.05) is 32.8 Å². The van der Waals surface area contributed by atoms with Crippen LogP contribution >= 0.6 is 0 Å². The third-order valence-electron chi connectivity index (χ3n) is 5.32. The lowest BCUT2D eigenvalue weighted by atomic mass is 9.87. The topological polar surface area (TPSA) is 88.8 Å². The van der Waals surface area contributed by atoms with Gasteiger partial charge in [0.15, 0.2) is 0 Å². The summed E-state index contributed by atoms with van der Waals surface area (Å²) < 4.78 is 0. The van der Waals surface area contributed by atoms with Crippen molar-refractivity contribution in [3.05, 3.63) is 0 Å². The van der Waals surface area contributed by atoms with Crippen LogP contribution in [0.25, 0.3) is 0 Å². The number of carbonyl (C=O) groups excluding carboxylic acids is 2. The summed E-state index contributed by atoms with van der Waals surface area (Å²) in [5.74, 6) is -1.94. The maximum atomic E-state index is 12.5. The van der Waals surface area contributed by atoms with Gasteiger partial charge in [0.1, 0.15) is 11.8 Å². The summed E-state index contributed by atoms with van der Waals surface area (Å²) in [7, 11) is 3.90. The Balaban J connectivity index is 3.27. The van der Waals surface area contributed by atoms with Gasteiger partial charge in [-0.3, -0.25) is 24.6 Å². The first kappa shape index (κ1) is 23.4. The summed E-state index contributed by atoms with van der Waals surface area (Å²) in [6, 6.07) is 2.84. The maximum absolute atomic E-state index is 12.5. The molecule has 1 rings (SSSR count). The summed E-state index contributed by atoms with van der Waals surface area (Å²) in [5.41, 5.74) is -0.953. The Morgan fingerprint density at radius 2 is 1.85 bits per heavy atom. The predicted octanol–water partition coefficient (Wildman–Crippen LogP) is 2.45. The number of carbonyl (C=O) groups is 2. The molecule has 0 aliphatic carbocycles. The number of hydroxylamine groups is 2. The fraction of sp³-hybridized carbons (Fsp3) is 0.842. The van der Waals surface area contributed by atoms with Gasteiger partial charge in [-0.1, -0.05) is 27.7 Å². The summed E-state index contributed by atoms with van der Waals surface area (Å²) in [4.78, 5) is 37.5. The van der Waals surface area contributed by atoms with E-state index in [-0.39, 0.29) is 17.6 Å². The van der Waals surface area contributed by atoms with Gasteiger partial charge >= 0.3 is 0 Å². The van der Waals surface area contributed by atoms with E-state index in [9.17, 15) is 14.8 Å². The average Bonchev–Trinajstić information content (AvgIpc) is 2.90. The molecule has 2 amide bonds. The number of hydrogen-bond acceptors (Lipinski definition) is 7. The molecule has 0 bridgehead atoms. The third-order valence-corrected chi connectivity index (χ3v) is 5.32. The zero-order valence-electron chi connectivity index (χ0n) is 17.6. The number of amides is 2. The van der Waals surface area contributed by atoms with E-state index in [0.717, 1.165) is 25.8 Å². The molecule has 27 heavy (non-hydrogen) atoms. The van der Waals surface area contributed by atoms with Gasteiger partial charge in [0.2, 0.25) is 0 Å². The first-order chi connectivity index (χ1) is 12.8. The number of rotatable bonds is 11. The molecule has 1 N–H and O–H groups in total. The van der Waals surface area contributed by atoms with Crippen LogP contribution in [0.5, 0.6) is 0 Å². The van der Waals surface area contributed by atoms with Gasteiger partial charge in [0.25, 0.3) is 11.8 Å². The van der Waals surface area contributed by atoms with Crippen molar-refractivity contribution in [1.29, 1.82) is 0 Å². The van der Waals surface area contributed by atoms with Gasteiger partial charge in [-0.25, -0.2) is 9.98 Å². The van der Waals surface area contributed by atoms with E-state index < -0.39 is 23.4 Å². The summed E-state index contributed by atoms with van der Waals surface area (Å²) >= 11 is 0. The van der Waals surface area contributed by atoms with Crippen molar-refractivity contribution < 1.29 is 14.8 Å². The lowest BCUT2D eigenvalue weighted by molar-refractivity contribution is -0.173. The Labute approximate surface area is 162 Å². The second kappa shape index (κ2) is 10.7. The van der Waals surface area contributed by atoms with Gasteiger partial charge in [-0.05, 0) is 52.9 Å². The minimum Gasteiger partial charge on any atom is -0.284 e. The highest BCUT2D eigenvalue weighted by Crippen LogP contribution is 2.36. The molecule has 3 unspecified atom stereocenters. The van der Waals surface area contributed by atoms with Gasteiger partial charge in [-0.2, -0.15) is 5.06 Å². The van der Waals surface area contributed by atoms with E-state index in [4.69, 9.17) is 0 Å². The largest absolute Gasteiger partial charge is 0.284 e. The normalized spacial score (nSPS) is 20.8. The molecule has 0 spiro atoms. The Morgan fingerprint density at radius 3 is 2.30 bits per heavy atom. The van der Waals surface area contributed by atoms with E-state index in [1.165, 1.54) is 0 Å². The van der Waals surface area contributed by atoms with Crippen LogP contribution in [-0.2, 0) is 9.59 Å². The van der Waals surface area contributed by atoms with Crippen LogP contribution in [0.3, 0.4) is 0 Å². The molecule has 8 heteroatoms. The monoisotopic (exact) mass is 381 g/mol. The van der Waals surface area contributed by atoms with E-state index in [1.54, 1.807) is 0 Å². The van der Waals surface area contributed by atoms with Crippen LogP contribution in [0.4, 0.5) is 0 Å². The molecule has 0 saturated carbocycles. The summed E-state index contributed by atoms with van der Waals surface area (Å²) in [5, 5.41) is 9.94. The van der Waals surface area contributed by atoms with Crippen molar-refractivity contribution in [1.82, 2.24) is 14.9 Å². The highest BCUT2D eigenvalue weighted by atomic mass is 16.5. The number of hydrogen-bond donors (Lipinski definition) is 1. The van der Waals surface area contributed by atoms with Crippen LogP contribution in [0.2, 0.25) is 0 Å². The first-order valence-electron chi connectivity index (χ1n) is 9.92. The molecule has 0 aromatic heterocycles. The molecule has 8 nitrogen and oxygen atoms in total. The molecule has 154 valence electrons. The lowest BCUT2D eigenvalue weighted by Gasteiger charge is -2.40. The molecular formula is C19H35N5O3. The van der Waals surface area contributed by atoms with Gasteiger partial charge in [0, 0.05) is 6.42 Å². The molecule has 1 aliphatic rings.